The number of halogens is 2. The van der Waals surface area contributed by atoms with E-state index in [-0.39, 0.29) is 21.3 Å². The molecule has 7 heteroatoms. The summed E-state index contributed by atoms with van der Waals surface area (Å²) in [5.41, 5.74) is -0.243. The monoisotopic (exact) mass is 304 g/mol. The number of benzene rings is 1. The average Bonchev–Trinajstić information content (AvgIpc) is 2.31. The summed E-state index contributed by atoms with van der Waals surface area (Å²) in [7, 11) is 0. The van der Waals surface area contributed by atoms with Gasteiger partial charge in [-0.2, -0.15) is 0 Å². The summed E-state index contributed by atoms with van der Waals surface area (Å²) in [6.07, 6.45) is 0.829. The first-order valence-electron chi connectivity index (χ1n) is 5.74. The van der Waals surface area contributed by atoms with Crippen LogP contribution in [0.3, 0.4) is 0 Å². The molecular formula is C12H14Cl2N2O3. The second kappa shape index (κ2) is 6.73. The van der Waals surface area contributed by atoms with Crippen LogP contribution in [0.5, 0.6) is 0 Å². The van der Waals surface area contributed by atoms with Crippen molar-refractivity contribution >= 4 is 34.8 Å². The quantitative estimate of drug-likeness (QED) is 0.666. The molecule has 5 nitrogen and oxygen atoms in total. The summed E-state index contributed by atoms with van der Waals surface area (Å²) in [4.78, 5) is 21.9. The van der Waals surface area contributed by atoms with Crippen molar-refractivity contribution in [1.29, 1.82) is 0 Å². The molecule has 0 fully saturated rings. The van der Waals surface area contributed by atoms with Crippen molar-refractivity contribution < 1.29 is 9.72 Å². The SMILES string of the molecule is CC(C)CCNC(=O)c1cc(Cl)c(Cl)c([N+](=O)[O-])c1. The van der Waals surface area contributed by atoms with Crippen molar-refractivity contribution in [1.82, 2.24) is 5.32 Å². The molecule has 0 aliphatic carbocycles. The van der Waals surface area contributed by atoms with E-state index in [2.05, 4.69) is 5.32 Å². The fraction of sp³-hybridized carbons (Fsp3) is 0.417. The summed E-state index contributed by atoms with van der Waals surface area (Å²) in [6, 6.07) is 2.44. The van der Waals surface area contributed by atoms with Gasteiger partial charge in [0.05, 0.1) is 9.95 Å². The lowest BCUT2D eigenvalue weighted by atomic mass is 10.1. The minimum atomic E-state index is -0.668. The van der Waals surface area contributed by atoms with Crippen molar-refractivity contribution in [3.05, 3.63) is 37.9 Å². The summed E-state index contributed by atoms with van der Waals surface area (Å²) in [5.74, 6) is 0.0609. The standard InChI is InChI=1S/C12H14Cl2N2O3/c1-7(2)3-4-15-12(17)8-5-9(13)11(14)10(6-8)16(18)19/h5-7H,3-4H2,1-2H3,(H,15,17). The maximum absolute atomic E-state index is 11.8. The highest BCUT2D eigenvalue weighted by Crippen LogP contribution is 2.32. The normalized spacial score (nSPS) is 10.6. The number of hydrogen-bond donors (Lipinski definition) is 1. The van der Waals surface area contributed by atoms with Gasteiger partial charge in [-0.25, -0.2) is 0 Å². The molecule has 0 bridgehead atoms. The minimum Gasteiger partial charge on any atom is -0.352 e. The lowest BCUT2D eigenvalue weighted by Crippen LogP contribution is -2.25. The fourth-order valence-electron chi connectivity index (χ4n) is 1.41. The van der Waals surface area contributed by atoms with E-state index in [4.69, 9.17) is 23.2 Å². The van der Waals surface area contributed by atoms with Gasteiger partial charge in [0, 0.05) is 18.2 Å². The van der Waals surface area contributed by atoms with Crippen LogP contribution in [0, 0.1) is 16.0 Å². The van der Waals surface area contributed by atoms with Crippen LogP contribution in [-0.4, -0.2) is 17.4 Å². The molecular weight excluding hydrogens is 291 g/mol. The molecule has 1 aromatic rings. The minimum absolute atomic E-state index is 0.00937. The zero-order valence-electron chi connectivity index (χ0n) is 10.6. The third kappa shape index (κ3) is 4.36. The van der Waals surface area contributed by atoms with E-state index in [1.807, 2.05) is 13.8 Å². The fourth-order valence-corrected chi connectivity index (χ4v) is 1.81. The Morgan fingerprint density at radius 3 is 2.58 bits per heavy atom. The summed E-state index contributed by atoms with van der Waals surface area (Å²) in [5, 5.41) is 13.3. The zero-order valence-corrected chi connectivity index (χ0v) is 12.1. The molecule has 0 radical (unpaired) electrons. The van der Waals surface area contributed by atoms with Crippen molar-refractivity contribution in [2.24, 2.45) is 5.92 Å². The van der Waals surface area contributed by atoms with Crippen LogP contribution < -0.4 is 5.32 Å². The van der Waals surface area contributed by atoms with Crippen LogP contribution in [0.25, 0.3) is 0 Å². The van der Waals surface area contributed by atoms with Gasteiger partial charge < -0.3 is 5.32 Å². The number of nitro groups is 1. The molecule has 0 aliphatic heterocycles. The van der Waals surface area contributed by atoms with E-state index in [0.717, 1.165) is 12.5 Å². The predicted molar refractivity (Wildman–Crippen MR) is 74.9 cm³/mol. The Kier molecular flexibility index (Phi) is 5.57. The van der Waals surface area contributed by atoms with Crippen molar-refractivity contribution in [2.45, 2.75) is 20.3 Å². The van der Waals surface area contributed by atoms with Crippen LogP contribution in [0.15, 0.2) is 12.1 Å². The van der Waals surface area contributed by atoms with Gasteiger partial charge in [0.1, 0.15) is 5.02 Å². The van der Waals surface area contributed by atoms with Crippen molar-refractivity contribution in [2.75, 3.05) is 6.54 Å². The zero-order chi connectivity index (χ0) is 14.6. The molecule has 0 spiro atoms. The molecule has 0 saturated carbocycles. The first-order chi connectivity index (χ1) is 8.82. The molecule has 0 atom stereocenters. The number of carbonyl (C=O) groups excluding carboxylic acids is 1. The van der Waals surface area contributed by atoms with Gasteiger partial charge in [-0.15, -0.1) is 0 Å². The summed E-state index contributed by atoms with van der Waals surface area (Å²) >= 11 is 11.5. The highest BCUT2D eigenvalue weighted by Gasteiger charge is 2.19. The lowest BCUT2D eigenvalue weighted by Gasteiger charge is -2.08. The third-order valence-corrected chi connectivity index (χ3v) is 3.27. The Morgan fingerprint density at radius 1 is 1.42 bits per heavy atom. The predicted octanol–water partition coefficient (Wildman–Crippen LogP) is 3.68. The average molecular weight is 305 g/mol. The third-order valence-electron chi connectivity index (χ3n) is 2.48. The summed E-state index contributed by atoms with van der Waals surface area (Å²) in [6.45, 7) is 4.58. The van der Waals surface area contributed by atoms with Crippen molar-refractivity contribution in [3.8, 4) is 0 Å². The first-order valence-corrected chi connectivity index (χ1v) is 6.50. The van der Waals surface area contributed by atoms with E-state index in [9.17, 15) is 14.9 Å². The maximum atomic E-state index is 11.8. The topological polar surface area (TPSA) is 72.2 Å². The van der Waals surface area contributed by atoms with Crippen molar-refractivity contribution in [3.63, 3.8) is 0 Å². The number of nitro benzene ring substituents is 1. The molecule has 104 valence electrons. The number of amides is 1. The van der Waals surface area contributed by atoms with Gasteiger partial charge in [0.25, 0.3) is 11.6 Å². The number of carbonyl (C=O) groups is 1. The van der Waals surface area contributed by atoms with Gasteiger partial charge in [-0.3, -0.25) is 14.9 Å². The Morgan fingerprint density at radius 2 is 2.05 bits per heavy atom. The van der Waals surface area contributed by atoms with Gasteiger partial charge in [0.15, 0.2) is 0 Å². The Bertz CT molecular complexity index is 504. The molecule has 1 amide bonds. The summed E-state index contributed by atoms with van der Waals surface area (Å²) < 4.78 is 0. The molecule has 0 aliphatic rings. The smallest absolute Gasteiger partial charge is 0.290 e. The highest BCUT2D eigenvalue weighted by atomic mass is 35.5. The van der Waals surface area contributed by atoms with E-state index < -0.39 is 10.8 Å². The lowest BCUT2D eigenvalue weighted by molar-refractivity contribution is -0.384. The van der Waals surface area contributed by atoms with E-state index in [0.29, 0.717) is 12.5 Å². The molecule has 0 unspecified atom stereocenters. The largest absolute Gasteiger partial charge is 0.352 e. The second-order valence-corrected chi connectivity index (χ2v) is 5.27. The second-order valence-electron chi connectivity index (χ2n) is 4.49. The molecule has 1 rings (SSSR count). The van der Waals surface area contributed by atoms with Gasteiger partial charge in [0.2, 0.25) is 0 Å². The molecule has 0 heterocycles. The maximum Gasteiger partial charge on any atom is 0.290 e. The van der Waals surface area contributed by atoms with Gasteiger partial charge >= 0.3 is 0 Å². The number of nitrogens with zero attached hydrogens (tertiary/aromatic N) is 1. The Balaban J connectivity index is 2.89. The van der Waals surface area contributed by atoms with Crippen LogP contribution in [0.4, 0.5) is 5.69 Å². The van der Waals surface area contributed by atoms with Crippen LogP contribution >= 0.6 is 23.2 Å². The van der Waals surface area contributed by atoms with Crippen LogP contribution in [-0.2, 0) is 0 Å². The Hall–Kier alpha value is -1.33. The van der Waals surface area contributed by atoms with Crippen LogP contribution in [0.2, 0.25) is 10.0 Å². The van der Waals surface area contributed by atoms with Gasteiger partial charge in [-0.1, -0.05) is 37.0 Å². The Labute approximate surface area is 121 Å². The van der Waals surface area contributed by atoms with E-state index >= 15 is 0 Å². The number of nitrogens with one attached hydrogen (secondary N) is 1. The molecule has 0 saturated heterocycles. The molecule has 1 aromatic carbocycles. The highest BCUT2D eigenvalue weighted by molar-refractivity contribution is 6.43. The number of rotatable bonds is 5. The molecule has 0 aromatic heterocycles. The molecule has 19 heavy (non-hydrogen) atoms. The number of hydrogen-bond acceptors (Lipinski definition) is 3. The van der Waals surface area contributed by atoms with E-state index in [1.165, 1.54) is 6.07 Å². The van der Waals surface area contributed by atoms with Crippen LogP contribution in [0.1, 0.15) is 30.6 Å². The first kappa shape index (κ1) is 15.7. The molecule has 1 N–H and O–H groups in total. The van der Waals surface area contributed by atoms with Gasteiger partial charge in [-0.05, 0) is 18.4 Å². The van der Waals surface area contributed by atoms with E-state index in [1.54, 1.807) is 0 Å².